The van der Waals surface area contributed by atoms with Crippen molar-refractivity contribution in [3.63, 3.8) is 0 Å². The number of hydrogen-bond acceptors (Lipinski definition) is 5. The number of halogens is 7. The van der Waals surface area contributed by atoms with E-state index in [9.17, 15) is 40.8 Å². The number of hydrogen-bond donors (Lipinski definition) is 1. The summed E-state index contributed by atoms with van der Waals surface area (Å²) in [7, 11) is 3.75. The first-order valence-corrected chi connectivity index (χ1v) is 8.38. The average Bonchev–Trinajstić information content (AvgIpc) is 2.61. The van der Waals surface area contributed by atoms with Crippen LogP contribution in [0.4, 0.5) is 42.1 Å². The van der Waals surface area contributed by atoms with E-state index in [4.69, 9.17) is 10.5 Å². The first-order valence-electron chi connectivity index (χ1n) is 8.38. The number of benzene rings is 2. The molecule has 2 aromatic rings. The van der Waals surface area contributed by atoms with Crippen LogP contribution in [-0.2, 0) is 32.8 Å². The second-order valence-electron chi connectivity index (χ2n) is 6.32. The Labute approximate surface area is 199 Å². The molecule has 0 aliphatic carbocycles. The molecule has 0 aromatic heterocycles. The number of nitro benzene ring substituents is 1. The Balaban J connectivity index is 0. The maximum Gasteiger partial charge on any atom is 0.416 e. The van der Waals surface area contributed by atoms with Gasteiger partial charge in [0.15, 0.2) is 0 Å². The number of likely N-dealkylation sites (N-methyl/N-ethyl adjacent to an activating group) is 1. The standard InChI is InChI=1S/C11H15F3N2O.C7H3F4NO2.CH3.Pd/c1-16(2)5-6-17-10-4-3-8(7-9(10)15)11(12,13)14;8-5-2-1-4(7(9,10)11)3-6(5)12(13)14;;/h3-4,7H,5-6,15H2,1-2H3;1-3H;1H3;/q;;-1;. The zero-order valence-electron chi connectivity index (χ0n) is 17.5. The van der Waals surface area contributed by atoms with Gasteiger partial charge >= 0.3 is 18.0 Å². The third kappa shape index (κ3) is 10.8. The van der Waals surface area contributed by atoms with Gasteiger partial charge in [-0.3, -0.25) is 10.1 Å². The van der Waals surface area contributed by atoms with Gasteiger partial charge < -0.3 is 22.8 Å². The number of nitrogens with two attached hydrogens (primary N) is 1. The number of rotatable bonds is 5. The minimum atomic E-state index is -4.71. The van der Waals surface area contributed by atoms with E-state index in [2.05, 4.69) is 0 Å². The molecule has 0 atom stereocenters. The molecule has 2 rings (SSSR count). The molecule has 190 valence electrons. The molecule has 6 nitrogen and oxygen atoms in total. The fraction of sp³-hybridized carbons (Fsp3) is 0.316. The zero-order chi connectivity index (χ0) is 24.0. The van der Waals surface area contributed by atoms with E-state index >= 15 is 0 Å². The number of anilines is 1. The quantitative estimate of drug-likeness (QED) is 0.128. The monoisotopic (exact) mass is 578 g/mol. The molecule has 0 saturated heterocycles. The third-order valence-corrected chi connectivity index (χ3v) is 3.60. The summed E-state index contributed by atoms with van der Waals surface area (Å²) in [4.78, 5) is 10.8. The number of nitrogens with zero attached hydrogens (tertiary/aromatic N) is 2. The Hall–Kier alpha value is -2.43. The fourth-order valence-corrected chi connectivity index (χ4v) is 2.02. The second-order valence-corrected chi connectivity index (χ2v) is 6.32. The van der Waals surface area contributed by atoms with Crippen LogP contribution in [0.15, 0.2) is 36.4 Å². The van der Waals surface area contributed by atoms with Crippen LogP contribution in [-0.4, -0.2) is 37.1 Å². The zero-order valence-corrected chi connectivity index (χ0v) is 19.1. The SMILES string of the molecule is CN(C)CCOc1ccc(C(F)(F)F)cc1N.O=[N+]([O-])c1cc(C(F)(F)F)ccc1F.[CH3-].[Pd]. The maximum absolute atomic E-state index is 12.6. The molecule has 0 spiro atoms. The molecule has 0 aliphatic rings. The molecule has 0 aliphatic heterocycles. The molecule has 2 N–H and O–H groups in total. The molecular weight excluding hydrogens is 558 g/mol. The topological polar surface area (TPSA) is 81.6 Å². The average molecular weight is 579 g/mol. The van der Waals surface area contributed by atoms with Gasteiger partial charge in [-0.1, -0.05) is 0 Å². The van der Waals surface area contributed by atoms with Crippen LogP contribution in [0.2, 0.25) is 0 Å². The van der Waals surface area contributed by atoms with Crippen molar-refractivity contribution >= 4 is 11.4 Å². The van der Waals surface area contributed by atoms with Gasteiger partial charge in [-0.15, -0.1) is 0 Å². The van der Waals surface area contributed by atoms with Crippen LogP contribution in [0.1, 0.15) is 11.1 Å². The minimum Gasteiger partial charge on any atom is -0.490 e. The molecule has 0 saturated carbocycles. The number of nitro groups is 1. The van der Waals surface area contributed by atoms with Crippen LogP contribution >= 0.6 is 0 Å². The van der Waals surface area contributed by atoms with Crippen molar-refractivity contribution in [2.45, 2.75) is 12.4 Å². The first kappa shape index (κ1) is 32.7. The van der Waals surface area contributed by atoms with Gasteiger partial charge in [-0.05, 0) is 44.4 Å². The largest absolute Gasteiger partial charge is 0.490 e. The number of alkyl halides is 6. The van der Waals surface area contributed by atoms with Gasteiger partial charge in [-0.25, -0.2) is 0 Å². The van der Waals surface area contributed by atoms with Crippen LogP contribution < -0.4 is 10.5 Å². The molecule has 2 aromatic carbocycles. The fourth-order valence-electron chi connectivity index (χ4n) is 2.02. The van der Waals surface area contributed by atoms with Gasteiger partial charge in [0.1, 0.15) is 12.4 Å². The normalized spacial score (nSPS) is 11.0. The molecule has 0 heterocycles. The minimum absolute atomic E-state index is 0. The van der Waals surface area contributed by atoms with Crippen molar-refractivity contribution in [3.8, 4) is 5.75 Å². The third-order valence-electron chi connectivity index (χ3n) is 3.60. The Bertz CT molecular complexity index is 907. The molecule has 14 heteroatoms. The van der Waals surface area contributed by atoms with Gasteiger partial charge in [-0.2, -0.15) is 30.7 Å². The summed E-state index contributed by atoms with van der Waals surface area (Å²) < 4.78 is 91.0. The van der Waals surface area contributed by atoms with Crippen molar-refractivity contribution in [1.29, 1.82) is 0 Å². The van der Waals surface area contributed by atoms with Crippen molar-refractivity contribution in [2.24, 2.45) is 0 Å². The smallest absolute Gasteiger partial charge is 0.416 e. The summed E-state index contributed by atoms with van der Waals surface area (Å²) in [5, 5.41) is 10.1. The summed E-state index contributed by atoms with van der Waals surface area (Å²) in [5.74, 6) is -1.01. The molecular formula is C19H21F7N3O3Pd-. The van der Waals surface area contributed by atoms with E-state index in [-0.39, 0.29) is 45.4 Å². The Morgan fingerprint density at radius 3 is 1.91 bits per heavy atom. The maximum atomic E-state index is 12.6. The van der Waals surface area contributed by atoms with Gasteiger partial charge in [0.05, 0.1) is 21.7 Å². The summed E-state index contributed by atoms with van der Waals surface area (Å²) in [6.07, 6.45) is -9.09. The summed E-state index contributed by atoms with van der Waals surface area (Å²) in [6, 6.07) is 4.11. The van der Waals surface area contributed by atoms with E-state index < -0.39 is 39.9 Å². The Morgan fingerprint density at radius 1 is 1.00 bits per heavy atom. The summed E-state index contributed by atoms with van der Waals surface area (Å²) in [6.45, 7) is 1.04. The van der Waals surface area contributed by atoms with E-state index in [1.807, 2.05) is 19.0 Å². The molecule has 0 bridgehead atoms. The van der Waals surface area contributed by atoms with E-state index in [0.29, 0.717) is 25.3 Å². The van der Waals surface area contributed by atoms with Crippen LogP contribution in [0.25, 0.3) is 0 Å². The predicted molar refractivity (Wildman–Crippen MR) is 104 cm³/mol. The number of ether oxygens (including phenoxy) is 1. The Morgan fingerprint density at radius 2 is 1.48 bits per heavy atom. The molecule has 0 unspecified atom stereocenters. The van der Waals surface area contributed by atoms with Crippen LogP contribution in [0, 0.1) is 23.4 Å². The van der Waals surface area contributed by atoms with Gasteiger partial charge in [0, 0.05) is 33.0 Å². The predicted octanol–water partition coefficient (Wildman–Crippen LogP) is 5.43. The van der Waals surface area contributed by atoms with Crippen LogP contribution in [0.3, 0.4) is 0 Å². The van der Waals surface area contributed by atoms with E-state index in [0.717, 1.165) is 12.1 Å². The van der Waals surface area contributed by atoms with Crippen molar-refractivity contribution in [1.82, 2.24) is 4.90 Å². The second kappa shape index (κ2) is 13.3. The summed E-state index contributed by atoms with van der Waals surface area (Å²) in [5.41, 5.74) is 2.30. The first-order chi connectivity index (χ1) is 14.1. The molecule has 33 heavy (non-hydrogen) atoms. The van der Waals surface area contributed by atoms with Crippen LogP contribution in [0.5, 0.6) is 5.75 Å². The van der Waals surface area contributed by atoms with Gasteiger partial charge in [0.25, 0.3) is 0 Å². The van der Waals surface area contributed by atoms with Gasteiger partial charge in [0.2, 0.25) is 5.82 Å². The Kier molecular flexibility index (Phi) is 13.2. The van der Waals surface area contributed by atoms with Crippen molar-refractivity contribution in [2.75, 3.05) is 33.0 Å². The number of nitrogen functional groups attached to an aromatic ring is 1. The van der Waals surface area contributed by atoms with E-state index in [1.54, 1.807) is 0 Å². The summed E-state index contributed by atoms with van der Waals surface area (Å²) >= 11 is 0. The molecule has 0 radical (unpaired) electrons. The van der Waals surface area contributed by atoms with Crippen molar-refractivity contribution in [3.05, 3.63) is 70.9 Å². The van der Waals surface area contributed by atoms with Crippen molar-refractivity contribution < 1.29 is 60.8 Å². The van der Waals surface area contributed by atoms with E-state index in [1.165, 1.54) is 6.07 Å². The molecule has 0 fully saturated rings. The molecule has 0 amide bonds.